The Morgan fingerprint density at radius 1 is 1.07 bits per heavy atom. The molecule has 0 fully saturated rings. The number of amides is 2. The number of rotatable bonds is 5. The molecule has 0 aliphatic carbocycles. The van der Waals surface area contributed by atoms with Crippen molar-refractivity contribution in [2.75, 3.05) is 6.61 Å². The van der Waals surface area contributed by atoms with E-state index in [-0.39, 0.29) is 6.61 Å². The van der Waals surface area contributed by atoms with Crippen molar-refractivity contribution in [3.63, 3.8) is 0 Å². The molecule has 27 heavy (non-hydrogen) atoms. The van der Waals surface area contributed by atoms with Crippen molar-refractivity contribution >= 4 is 11.8 Å². The van der Waals surface area contributed by atoms with E-state index in [1.54, 1.807) is 30.5 Å². The van der Waals surface area contributed by atoms with Gasteiger partial charge in [0.05, 0.1) is 6.20 Å². The average molecular weight is 365 g/mol. The number of aryl methyl sites for hydroxylation is 2. The number of ether oxygens (including phenoxy) is 1. The maximum atomic E-state index is 12.1. The molecule has 0 atom stereocenters. The molecule has 1 aromatic heterocycles. The van der Waals surface area contributed by atoms with Gasteiger partial charge in [0.15, 0.2) is 18.8 Å². The molecule has 138 valence electrons. The summed E-state index contributed by atoms with van der Waals surface area (Å²) in [6.07, 6.45) is 2.93. The minimum Gasteiger partial charge on any atom is -0.483 e. The first-order chi connectivity index (χ1) is 13.0. The molecule has 0 aliphatic rings. The summed E-state index contributed by atoms with van der Waals surface area (Å²) < 4.78 is 10.7. The standard InChI is InChI=1S/C20H19N3O4/c1-13-3-4-14(2)17(9-13)26-11-19(24)22-23-20(25)16-7-5-15(6-8-16)18-10-21-12-27-18/h3-10,12H,11H2,1-2H3,(H,22,24)(H,23,25). The number of nitrogens with one attached hydrogen (secondary N) is 2. The minimum absolute atomic E-state index is 0.199. The third-order valence-corrected chi connectivity index (χ3v) is 3.88. The third-order valence-electron chi connectivity index (χ3n) is 3.88. The summed E-state index contributed by atoms with van der Waals surface area (Å²) in [6, 6.07) is 12.5. The summed E-state index contributed by atoms with van der Waals surface area (Å²) in [5.41, 5.74) is 7.87. The summed E-state index contributed by atoms with van der Waals surface area (Å²) in [5.74, 6) is 0.361. The van der Waals surface area contributed by atoms with Crippen molar-refractivity contribution in [2.24, 2.45) is 0 Å². The number of carbonyl (C=O) groups excluding carboxylic acids is 2. The van der Waals surface area contributed by atoms with E-state index in [1.165, 1.54) is 6.39 Å². The summed E-state index contributed by atoms with van der Waals surface area (Å²) in [4.78, 5) is 27.9. The number of hydrogen-bond acceptors (Lipinski definition) is 5. The summed E-state index contributed by atoms with van der Waals surface area (Å²) in [7, 11) is 0. The number of benzene rings is 2. The maximum absolute atomic E-state index is 12.1. The Hall–Kier alpha value is -3.61. The van der Waals surface area contributed by atoms with Crippen LogP contribution in [0.5, 0.6) is 5.75 Å². The van der Waals surface area contributed by atoms with Crippen LogP contribution in [0.2, 0.25) is 0 Å². The van der Waals surface area contributed by atoms with Crippen LogP contribution < -0.4 is 15.6 Å². The van der Waals surface area contributed by atoms with E-state index in [4.69, 9.17) is 9.15 Å². The van der Waals surface area contributed by atoms with Gasteiger partial charge in [-0.2, -0.15) is 0 Å². The maximum Gasteiger partial charge on any atom is 0.276 e. The van der Waals surface area contributed by atoms with Crippen LogP contribution in [0.3, 0.4) is 0 Å². The molecule has 0 aliphatic heterocycles. The molecule has 0 spiro atoms. The molecule has 3 rings (SSSR count). The van der Waals surface area contributed by atoms with Crippen LogP contribution in [0.15, 0.2) is 59.5 Å². The zero-order chi connectivity index (χ0) is 19.2. The van der Waals surface area contributed by atoms with E-state index in [0.717, 1.165) is 16.7 Å². The molecular weight excluding hydrogens is 346 g/mol. The largest absolute Gasteiger partial charge is 0.483 e. The average Bonchev–Trinajstić information content (AvgIpc) is 3.21. The fourth-order valence-corrected chi connectivity index (χ4v) is 2.39. The lowest BCUT2D eigenvalue weighted by molar-refractivity contribution is -0.123. The van der Waals surface area contributed by atoms with Crippen LogP contribution >= 0.6 is 0 Å². The van der Waals surface area contributed by atoms with E-state index in [0.29, 0.717) is 17.1 Å². The fraction of sp³-hybridized carbons (Fsp3) is 0.150. The number of aromatic nitrogens is 1. The van der Waals surface area contributed by atoms with E-state index in [1.807, 2.05) is 32.0 Å². The van der Waals surface area contributed by atoms with Crippen molar-refractivity contribution in [3.05, 3.63) is 71.7 Å². The van der Waals surface area contributed by atoms with Gasteiger partial charge >= 0.3 is 0 Å². The second-order valence-electron chi connectivity index (χ2n) is 6.00. The second-order valence-corrected chi connectivity index (χ2v) is 6.00. The highest BCUT2D eigenvalue weighted by Crippen LogP contribution is 2.19. The van der Waals surface area contributed by atoms with Crippen LogP contribution in [0.4, 0.5) is 0 Å². The predicted molar refractivity (Wildman–Crippen MR) is 99.0 cm³/mol. The molecule has 2 amide bonds. The Morgan fingerprint density at radius 2 is 1.85 bits per heavy atom. The monoisotopic (exact) mass is 365 g/mol. The lowest BCUT2D eigenvalue weighted by atomic mass is 10.1. The SMILES string of the molecule is Cc1ccc(C)c(OCC(=O)NNC(=O)c2ccc(-c3cnco3)cc2)c1. The highest BCUT2D eigenvalue weighted by atomic mass is 16.5. The molecule has 0 bridgehead atoms. The summed E-state index contributed by atoms with van der Waals surface area (Å²) in [5, 5.41) is 0. The van der Waals surface area contributed by atoms with E-state index in [9.17, 15) is 9.59 Å². The van der Waals surface area contributed by atoms with Gasteiger partial charge in [-0.1, -0.05) is 24.3 Å². The zero-order valence-electron chi connectivity index (χ0n) is 15.0. The van der Waals surface area contributed by atoms with E-state index < -0.39 is 11.8 Å². The molecule has 2 N–H and O–H groups in total. The van der Waals surface area contributed by atoms with Crippen molar-refractivity contribution in [1.29, 1.82) is 0 Å². The van der Waals surface area contributed by atoms with Crippen molar-refractivity contribution in [1.82, 2.24) is 15.8 Å². The van der Waals surface area contributed by atoms with Gasteiger partial charge in [0.25, 0.3) is 11.8 Å². The number of nitrogens with zero attached hydrogens (tertiary/aromatic N) is 1. The van der Waals surface area contributed by atoms with Crippen LogP contribution in [-0.2, 0) is 4.79 Å². The van der Waals surface area contributed by atoms with Gasteiger partial charge in [0.2, 0.25) is 0 Å². The van der Waals surface area contributed by atoms with Crippen LogP contribution in [0.25, 0.3) is 11.3 Å². The Bertz CT molecular complexity index is 934. The van der Waals surface area contributed by atoms with Crippen molar-refractivity contribution in [2.45, 2.75) is 13.8 Å². The molecule has 0 saturated carbocycles. The number of oxazole rings is 1. The lowest BCUT2D eigenvalue weighted by Crippen LogP contribution is -2.43. The molecule has 2 aromatic carbocycles. The Morgan fingerprint density at radius 3 is 2.56 bits per heavy atom. The first-order valence-electron chi connectivity index (χ1n) is 8.31. The molecular formula is C20H19N3O4. The van der Waals surface area contributed by atoms with Gasteiger partial charge in [0, 0.05) is 11.1 Å². The number of hydrazine groups is 1. The molecule has 1 heterocycles. The number of hydrogen-bond donors (Lipinski definition) is 2. The highest BCUT2D eigenvalue weighted by Gasteiger charge is 2.10. The van der Waals surface area contributed by atoms with Crippen LogP contribution in [0.1, 0.15) is 21.5 Å². The first kappa shape index (κ1) is 18.2. The third kappa shape index (κ3) is 4.72. The first-order valence-corrected chi connectivity index (χ1v) is 8.31. The lowest BCUT2D eigenvalue weighted by Gasteiger charge is -2.11. The van der Waals surface area contributed by atoms with Gasteiger partial charge in [0.1, 0.15) is 5.75 Å². The van der Waals surface area contributed by atoms with Gasteiger partial charge in [-0.25, -0.2) is 4.98 Å². The Balaban J connectivity index is 1.49. The van der Waals surface area contributed by atoms with Gasteiger partial charge in [-0.15, -0.1) is 0 Å². The Kier molecular flexibility index (Phi) is 5.51. The van der Waals surface area contributed by atoms with Crippen molar-refractivity contribution < 1.29 is 18.7 Å². The van der Waals surface area contributed by atoms with Crippen LogP contribution in [0, 0.1) is 13.8 Å². The smallest absolute Gasteiger partial charge is 0.276 e. The summed E-state index contributed by atoms with van der Waals surface area (Å²) in [6.45, 7) is 3.65. The normalized spacial score (nSPS) is 10.3. The molecule has 3 aromatic rings. The van der Waals surface area contributed by atoms with Crippen molar-refractivity contribution in [3.8, 4) is 17.1 Å². The topological polar surface area (TPSA) is 93.5 Å². The van der Waals surface area contributed by atoms with E-state index in [2.05, 4.69) is 15.8 Å². The molecule has 0 saturated heterocycles. The fourth-order valence-electron chi connectivity index (χ4n) is 2.39. The van der Waals surface area contributed by atoms with Gasteiger partial charge in [-0.3, -0.25) is 20.4 Å². The number of carbonyl (C=O) groups is 2. The second kappa shape index (κ2) is 8.18. The van der Waals surface area contributed by atoms with Gasteiger partial charge in [-0.05, 0) is 43.2 Å². The molecule has 0 unspecified atom stereocenters. The Labute approximate surface area is 156 Å². The molecule has 0 radical (unpaired) electrons. The van der Waals surface area contributed by atoms with Crippen LogP contribution in [-0.4, -0.2) is 23.4 Å². The zero-order valence-corrected chi connectivity index (χ0v) is 15.0. The van der Waals surface area contributed by atoms with Gasteiger partial charge < -0.3 is 9.15 Å². The van der Waals surface area contributed by atoms with E-state index >= 15 is 0 Å². The predicted octanol–water partition coefficient (Wildman–Crippen LogP) is 2.80. The highest BCUT2D eigenvalue weighted by molar-refractivity contribution is 5.95. The quantitative estimate of drug-likeness (QED) is 0.678. The molecule has 7 nitrogen and oxygen atoms in total. The molecule has 7 heteroatoms. The minimum atomic E-state index is -0.456. The summed E-state index contributed by atoms with van der Waals surface area (Å²) >= 11 is 0.